The smallest absolute Gasteiger partial charge is 0.0959 e. The van der Waals surface area contributed by atoms with Crippen LogP contribution >= 0.6 is 0 Å². The third-order valence-electron chi connectivity index (χ3n) is 4.87. The Labute approximate surface area is 142 Å². The first kappa shape index (κ1) is 15.7. The lowest BCUT2D eigenvalue weighted by Crippen LogP contribution is -2.65. The fraction of sp³-hybridized carbons (Fsp3) is 0.556. The van der Waals surface area contributed by atoms with Gasteiger partial charge in [0.05, 0.1) is 24.5 Å². The van der Waals surface area contributed by atoms with Crippen molar-refractivity contribution in [2.45, 2.75) is 37.7 Å². The summed E-state index contributed by atoms with van der Waals surface area (Å²) in [7, 11) is 1.95. The van der Waals surface area contributed by atoms with Crippen molar-refractivity contribution in [3.8, 4) is 0 Å². The number of pyridine rings is 1. The Kier molecular flexibility index (Phi) is 4.35. The average molecular weight is 328 g/mol. The summed E-state index contributed by atoms with van der Waals surface area (Å²) in [6.07, 6.45) is 9.89. The molecule has 4 rings (SSSR count). The van der Waals surface area contributed by atoms with E-state index in [1.54, 1.807) is 0 Å². The number of likely N-dealkylation sites (tertiary alicyclic amines) is 1. The predicted octanol–water partition coefficient (Wildman–Crippen LogP) is 1.77. The number of aromatic nitrogens is 3. The monoisotopic (exact) mass is 328 g/mol. The van der Waals surface area contributed by atoms with Crippen LogP contribution in [0.15, 0.2) is 36.9 Å². The summed E-state index contributed by atoms with van der Waals surface area (Å²) in [5.74, 6) is 0. The fourth-order valence-electron chi connectivity index (χ4n) is 3.73. The zero-order valence-electron chi connectivity index (χ0n) is 14.1. The van der Waals surface area contributed by atoms with Gasteiger partial charge in [0.25, 0.3) is 0 Å². The molecule has 0 saturated carbocycles. The van der Waals surface area contributed by atoms with Gasteiger partial charge in [0.2, 0.25) is 0 Å². The normalized spacial score (nSPS) is 23.3. The summed E-state index contributed by atoms with van der Waals surface area (Å²) < 4.78 is 14.1. The van der Waals surface area contributed by atoms with Crippen LogP contribution in [0.3, 0.4) is 0 Å². The van der Waals surface area contributed by atoms with E-state index in [0.29, 0.717) is 6.61 Å². The molecule has 4 heterocycles. The van der Waals surface area contributed by atoms with Gasteiger partial charge in [-0.15, -0.1) is 0 Å². The summed E-state index contributed by atoms with van der Waals surface area (Å²) >= 11 is 0. The Morgan fingerprint density at radius 3 is 2.88 bits per heavy atom. The molecule has 2 aliphatic heterocycles. The largest absolute Gasteiger partial charge is 0.373 e. The number of nitrogens with zero attached hydrogens (tertiary/aromatic N) is 4. The van der Waals surface area contributed by atoms with Crippen molar-refractivity contribution in [2.24, 2.45) is 7.05 Å². The average Bonchev–Trinajstić information content (AvgIpc) is 2.98. The second kappa shape index (κ2) is 6.63. The van der Waals surface area contributed by atoms with E-state index in [4.69, 9.17) is 9.47 Å². The molecular weight excluding hydrogens is 304 g/mol. The van der Waals surface area contributed by atoms with Crippen molar-refractivity contribution >= 4 is 0 Å². The molecule has 24 heavy (non-hydrogen) atoms. The number of hydrogen-bond acceptors (Lipinski definition) is 5. The third-order valence-corrected chi connectivity index (χ3v) is 4.87. The Morgan fingerprint density at radius 2 is 2.12 bits per heavy atom. The fourth-order valence-corrected chi connectivity index (χ4v) is 3.73. The molecule has 2 aromatic rings. The van der Waals surface area contributed by atoms with Crippen LogP contribution in [0.2, 0.25) is 0 Å². The van der Waals surface area contributed by atoms with Gasteiger partial charge in [0.1, 0.15) is 0 Å². The standard InChI is InChI=1S/C18H24N4O2/c1-21-10-16(9-20-21)11-22-13-18(14-22)8-17(4-7-24-18)23-12-15-2-5-19-6-3-15/h2-3,5-6,9-10,17H,4,7-8,11-14H2,1H3/t17-/m1/s1. The van der Waals surface area contributed by atoms with E-state index in [1.165, 1.54) is 11.1 Å². The van der Waals surface area contributed by atoms with Crippen LogP contribution in [0, 0.1) is 0 Å². The van der Waals surface area contributed by atoms with E-state index in [2.05, 4.69) is 21.2 Å². The molecule has 0 bridgehead atoms. The van der Waals surface area contributed by atoms with E-state index in [-0.39, 0.29) is 11.7 Å². The highest BCUT2D eigenvalue weighted by atomic mass is 16.5. The minimum Gasteiger partial charge on any atom is -0.373 e. The van der Waals surface area contributed by atoms with Crippen LogP contribution in [0.25, 0.3) is 0 Å². The van der Waals surface area contributed by atoms with Crippen LogP contribution in [-0.2, 0) is 29.7 Å². The zero-order chi connectivity index (χ0) is 16.4. The number of rotatable bonds is 5. The van der Waals surface area contributed by atoms with Gasteiger partial charge in [0, 0.05) is 63.9 Å². The van der Waals surface area contributed by atoms with Crippen molar-refractivity contribution in [1.29, 1.82) is 0 Å². The summed E-state index contributed by atoms with van der Waals surface area (Å²) in [4.78, 5) is 6.46. The highest BCUT2D eigenvalue weighted by molar-refractivity contribution is 5.09. The molecule has 6 heteroatoms. The molecule has 2 aliphatic rings. The second-order valence-electron chi connectivity index (χ2n) is 6.98. The van der Waals surface area contributed by atoms with Crippen LogP contribution in [0.1, 0.15) is 24.0 Å². The van der Waals surface area contributed by atoms with Crippen molar-refractivity contribution in [2.75, 3.05) is 19.7 Å². The molecule has 0 amide bonds. The van der Waals surface area contributed by atoms with Gasteiger partial charge < -0.3 is 9.47 Å². The SMILES string of the molecule is Cn1cc(CN2CC3(C[C@H](OCc4ccncc4)CCO3)C2)cn1. The Bertz CT molecular complexity index is 667. The van der Waals surface area contributed by atoms with Crippen molar-refractivity contribution < 1.29 is 9.47 Å². The summed E-state index contributed by atoms with van der Waals surface area (Å²) in [5, 5.41) is 4.23. The molecule has 0 radical (unpaired) electrons. The lowest BCUT2D eigenvalue weighted by molar-refractivity contribution is -0.200. The highest BCUT2D eigenvalue weighted by Crippen LogP contribution is 2.36. The maximum absolute atomic E-state index is 6.12. The van der Waals surface area contributed by atoms with Crippen LogP contribution < -0.4 is 0 Å². The van der Waals surface area contributed by atoms with Gasteiger partial charge in [-0.1, -0.05) is 0 Å². The number of aryl methyl sites for hydroxylation is 1. The zero-order valence-corrected chi connectivity index (χ0v) is 14.1. The van der Waals surface area contributed by atoms with E-state index in [1.807, 2.05) is 42.5 Å². The maximum Gasteiger partial charge on any atom is 0.0959 e. The molecule has 2 saturated heterocycles. The Hall–Kier alpha value is -1.76. The second-order valence-corrected chi connectivity index (χ2v) is 6.98. The molecule has 0 unspecified atom stereocenters. The van der Waals surface area contributed by atoms with E-state index in [9.17, 15) is 0 Å². The van der Waals surface area contributed by atoms with E-state index in [0.717, 1.165) is 39.1 Å². The van der Waals surface area contributed by atoms with Crippen LogP contribution in [0.4, 0.5) is 0 Å². The lowest BCUT2D eigenvalue weighted by atomic mass is 9.84. The van der Waals surface area contributed by atoms with Gasteiger partial charge in [0.15, 0.2) is 0 Å². The van der Waals surface area contributed by atoms with E-state index < -0.39 is 0 Å². The molecule has 1 atom stereocenters. The van der Waals surface area contributed by atoms with Crippen molar-refractivity contribution in [3.63, 3.8) is 0 Å². The predicted molar refractivity (Wildman–Crippen MR) is 89.2 cm³/mol. The van der Waals surface area contributed by atoms with Gasteiger partial charge in [-0.3, -0.25) is 14.6 Å². The van der Waals surface area contributed by atoms with Crippen molar-refractivity contribution in [1.82, 2.24) is 19.7 Å². The van der Waals surface area contributed by atoms with Crippen LogP contribution in [-0.4, -0.2) is 51.1 Å². The topological polar surface area (TPSA) is 52.4 Å². The Balaban J connectivity index is 1.26. The molecule has 128 valence electrons. The number of ether oxygens (including phenoxy) is 2. The molecule has 2 aromatic heterocycles. The van der Waals surface area contributed by atoms with Gasteiger partial charge in [-0.05, 0) is 24.1 Å². The summed E-state index contributed by atoms with van der Waals surface area (Å²) in [5.41, 5.74) is 2.43. The first-order chi connectivity index (χ1) is 11.7. The first-order valence-electron chi connectivity index (χ1n) is 8.55. The highest BCUT2D eigenvalue weighted by Gasteiger charge is 2.47. The van der Waals surface area contributed by atoms with Gasteiger partial charge >= 0.3 is 0 Å². The van der Waals surface area contributed by atoms with E-state index >= 15 is 0 Å². The molecule has 1 spiro atoms. The minimum atomic E-state index is -0.0105. The lowest BCUT2D eigenvalue weighted by Gasteiger charge is -2.53. The minimum absolute atomic E-state index is 0.0105. The number of hydrogen-bond donors (Lipinski definition) is 0. The third kappa shape index (κ3) is 3.50. The van der Waals surface area contributed by atoms with Gasteiger partial charge in [-0.2, -0.15) is 5.10 Å². The molecule has 2 fully saturated rings. The molecule has 6 nitrogen and oxygen atoms in total. The molecule has 0 aromatic carbocycles. The van der Waals surface area contributed by atoms with Gasteiger partial charge in [-0.25, -0.2) is 0 Å². The molecular formula is C18H24N4O2. The van der Waals surface area contributed by atoms with Crippen LogP contribution in [0.5, 0.6) is 0 Å². The summed E-state index contributed by atoms with van der Waals surface area (Å²) in [6, 6.07) is 4.02. The Morgan fingerprint density at radius 1 is 1.29 bits per heavy atom. The summed E-state index contributed by atoms with van der Waals surface area (Å²) in [6.45, 7) is 4.36. The first-order valence-corrected chi connectivity index (χ1v) is 8.55. The molecule has 0 aliphatic carbocycles. The quantitative estimate of drug-likeness (QED) is 0.837. The maximum atomic E-state index is 6.12. The van der Waals surface area contributed by atoms with Crippen molar-refractivity contribution in [3.05, 3.63) is 48.0 Å². The molecule has 0 N–H and O–H groups in total.